The molecule has 0 spiro atoms. The van der Waals surface area contributed by atoms with E-state index in [1.165, 1.54) is 11.6 Å². The van der Waals surface area contributed by atoms with Gasteiger partial charge in [0.1, 0.15) is 5.69 Å². The molecule has 1 amide bonds. The fourth-order valence-corrected chi connectivity index (χ4v) is 4.46. The van der Waals surface area contributed by atoms with Gasteiger partial charge in [0.25, 0.3) is 0 Å². The highest BCUT2D eigenvalue weighted by atomic mass is 32.2. The molecule has 0 fully saturated rings. The molecule has 5 rings (SSSR count). The van der Waals surface area contributed by atoms with Crippen molar-refractivity contribution < 1.29 is 13.2 Å². The molecule has 31 heavy (non-hydrogen) atoms. The molecule has 0 radical (unpaired) electrons. The van der Waals surface area contributed by atoms with Crippen LogP contribution in [-0.2, 0) is 10.0 Å². The molecule has 0 aliphatic rings. The van der Waals surface area contributed by atoms with Gasteiger partial charge < -0.3 is 10.3 Å². The molecule has 0 saturated carbocycles. The van der Waals surface area contributed by atoms with Crippen molar-refractivity contribution in [1.82, 2.24) is 29.6 Å². The van der Waals surface area contributed by atoms with Gasteiger partial charge in [0.05, 0.1) is 27.6 Å². The summed E-state index contributed by atoms with van der Waals surface area (Å²) in [5, 5.41) is 4.15. The lowest BCUT2D eigenvalue weighted by Gasteiger charge is -2.07. The average Bonchev–Trinajstić information content (AvgIpc) is 3.36. The molecule has 0 saturated heterocycles. The van der Waals surface area contributed by atoms with Crippen molar-refractivity contribution in [3.63, 3.8) is 0 Å². The minimum Gasteiger partial charge on any atom is -0.353 e. The number of sulfonamides is 1. The Morgan fingerprint density at radius 2 is 1.81 bits per heavy atom. The van der Waals surface area contributed by atoms with Crippen LogP contribution in [-0.4, -0.2) is 48.1 Å². The number of nitrogens with one attached hydrogen (secondary N) is 3. The van der Waals surface area contributed by atoms with Crippen molar-refractivity contribution in [3.05, 3.63) is 54.7 Å². The van der Waals surface area contributed by atoms with E-state index >= 15 is 0 Å². The maximum atomic E-state index is 12.6. The minimum absolute atomic E-state index is 0.166. The number of aromatic nitrogens is 4. The standard InChI is InChI=1S/C21H18N6O3S/c1-22-21(28)27-19-6-4-3-5-16(19)26-20(27)17-10-14-13-9-12(31(29,30)23-2)7-8-15(13)25-18(14)11-24-17/h3-11,23,25H,1-2H3,(H,22,28). The summed E-state index contributed by atoms with van der Waals surface area (Å²) in [6.45, 7) is 0. The first-order valence-electron chi connectivity index (χ1n) is 9.48. The second-order valence-corrected chi connectivity index (χ2v) is 8.86. The normalized spacial score (nSPS) is 12.1. The molecule has 0 aliphatic heterocycles. The third-order valence-electron chi connectivity index (χ3n) is 5.24. The first-order valence-corrected chi connectivity index (χ1v) is 11.0. The van der Waals surface area contributed by atoms with Gasteiger partial charge in [0, 0.05) is 23.3 Å². The molecule has 3 N–H and O–H groups in total. The number of aromatic amines is 1. The zero-order valence-electron chi connectivity index (χ0n) is 16.7. The highest BCUT2D eigenvalue weighted by molar-refractivity contribution is 7.89. The van der Waals surface area contributed by atoms with Gasteiger partial charge in [-0.3, -0.25) is 4.98 Å². The average molecular weight is 434 g/mol. The molecule has 0 unspecified atom stereocenters. The van der Waals surface area contributed by atoms with Crippen LogP contribution < -0.4 is 10.0 Å². The topological polar surface area (TPSA) is 122 Å². The Hall–Kier alpha value is -3.76. The Balaban J connectivity index is 1.78. The number of benzene rings is 2. The number of carbonyl (C=O) groups is 1. The van der Waals surface area contributed by atoms with Crippen molar-refractivity contribution in [2.45, 2.75) is 4.90 Å². The van der Waals surface area contributed by atoms with Gasteiger partial charge in [-0.05, 0) is 43.4 Å². The number of amides is 1. The van der Waals surface area contributed by atoms with Gasteiger partial charge in [0.2, 0.25) is 10.0 Å². The van der Waals surface area contributed by atoms with E-state index in [0.717, 1.165) is 21.8 Å². The van der Waals surface area contributed by atoms with Gasteiger partial charge in [-0.2, -0.15) is 0 Å². The predicted octanol–water partition coefficient (Wildman–Crippen LogP) is 2.83. The van der Waals surface area contributed by atoms with Gasteiger partial charge in [0.15, 0.2) is 5.82 Å². The number of H-pyrrole nitrogens is 1. The summed E-state index contributed by atoms with van der Waals surface area (Å²) in [6.07, 6.45) is 1.66. The number of hydrogen-bond donors (Lipinski definition) is 3. The van der Waals surface area contributed by atoms with Crippen molar-refractivity contribution in [3.8, 4) is 11.5 Å². The zero-order chi connectivity index (χ0) is 21.8. The number of nitrogens with zero attached hydrogens (tertiary/aromatic N) is 3. The number of pyridine rings is 1. The van der Waals surface area contributed by atoms with Crippen LogP contribution in [0.5, 0.6) is 0 Å². The number of hydrogen-bond acceptors (Lipinski definition) is 5. The van der Waals surface area contributed by atoms with Gasteiger partial charge in [-0.1, -0.05) is 12.1 Å². The van der Waals surface area contributed by atoms with E-state index in [-0.39, 0.29) is 10.9 Å². The maximum Gasteiger partial charge on any atom is 0.327 e. The van der Waals surface area contributed by atoms with Gasteiger partial charge in [-0.25, -0.2) is 27.5 Å². The number of imidazole rings is 1. The van der Waals surface area contributed by atoms with E-state index in [1.807, 2.05) is 30.3 Å². The number of rotatable bonds is 3. The van der Waals surface area contributed by atoms with Crippen molar-refractivity contribution >= 4 is 48.9 Å². The highest BCUT2D eigenvalue weighted by Crippen LogP contribution is 2.31. The molecule has 3 heterocycles. The lowest BCUT2D eigenvalue weighted by atomic mass is 10.1. The van der Waals surface area contributed by atoms with E-state index < -0.39 is 10.0 Å². The Labute approximate surface area is 177 Å². The fraction of sp³-hybridized carbons (Fsp3) is 0.0952. The lowest BCUT2D eigenvalue weighted by Crippen LogP contribution is -2.25. The SMILES string of the molecule is CNC(=O)n1c(-c2cc3c(cn2)[nH]c2ccc(S(=O)(=O)NC)cc23)nc2ccccc21. The smallest absolute Gasteiger partial charge is 0.327 e. The summed E-state index contributed by atoms with van der Waals surface area (Å²) in [5.41, 5.74) is 3.36. The Morgan fingerprint density at radius 3 is 2.58 bits per heavy atom. The molecular weight excluding hydrogens is 416 g/mol. The molecule has 0 aliphatic carbocycles. The number of fused-ring (bicyclic) bond motifs is 4. The van der Waals surface area contributed by atoms with Crippen molar-refractivity contribution in [2.75, 3.05) is 14.1 Å². The summed E-state index contributed by atoms with van der Waals surface area (Å²) in [4.78, 5) is 25.1. The minimum atomic E-state index is -3.59. The van der Waals surface area contributed by atoms with Crippen molar-refractivity contribution in [1.29, 1.82) is 0 Å². The largest absolute Gasteiger partial charge is 0.353 e. The van der Waals surface area contributed by atoms with Crippen LogP contribution in [0.15, 0.2) is 59.6 Å². The van der Waals surface area contributed by atoms with E-state index in [0.29, 0.717) is 22.6 Å². The number of para-hydroxylation sites is 2. The summed E-state index contributed by atoms with van der Waals surface area (Å²) < 4.78 is 28.3. The van der Waals surface area contributed by atoms with Crippen LogP contribution in [0.2, 0.25) is 0 Å². The third-order valence-corrected chi connectivity index (χ3v) is 6.65. The van der Waals surface area contributed by atoms with Gasteiger partial charge in [-0.15, -0.1) is 0 Å². The molecule has 156 valence electrons. The van der Waals surface area contributed by atoms with Crippen LogP contribution in [0.4, 0.5) is 4.79 Å². The molecular formula is C21H18N6O3S. The van der Waals surface area contributed by atoms with Crippen LogP contribution >= 0.6 is 0 Å². The van der Waals surface area contributed by atoms with E-state index in [9.17, 15) is 13.2 Å². The molecule has 3 aromatic heterocycles. The van der Waals surface area contributed by atoms with Crippen molar-refractivity contribution in [2.24, 2.45) is 0 Å². The van der Waals surface area contributed by atoms with E-state index in [1.54, 1.807) is 31.4 Å². The second kappa shape index (κ2) is 6.89. The molecule has 5 aromatic rings. The second-order valence-electron chi connectivity index (χ2n) is 6.97. The molecule has 0 atom stereocenters. The molecule has 9 nitrogen and oxygen atoms in total. The first kappa shape index (κ1) is 19.2. The quantitative estimate of drug-likeness (QED) is 0.403. The predicted molar refractivity (Wildman–Crippen MR) is 118 cm³/mol. The highest BCUT2D eigenvalue weighted by Gasteiger charge is 2.20. The lowest BCUT2D eigenvalue weighted by molar-refractivity contribution is 0.245. The molecule has 2 aromatic carbocycles. The molecule has 0 bridgehead atoms. The van der Waals surface area contributed by atoms with Crippen LogP contribution in [0, 0.1) is 0 Å². The van der Waals surface area contributed by atoms with E-state index in [2.05, 4.69) is 25.0 Å². The maximum absolute atomic E-state index is 12.6. The summed E-state index contributed by atoms with van der Waals surface area (Å²) in [5.74, 6) is 0.399. The first-order chi connectivity index (χ1) is 14.9. The van der Waals surface area contributed by atoms with Crippen LogP contribution in [0.1, 0.15) is 0 Å². The van der Waals surface area contributed by atoms with E-state index in [4.69, 9.17) is 0 Å². The fourth-order valence-electron chi connectivity index (χ4n) is 3.70. The van der Waals surface area contributed by atoms with Crippen LogP contribution in [0.25, 0.3) is 44.4 Å². The van der Waals surface area contributed by atoms with Crippen LogP contribution in [0.3, 0.4) is 0 Å². The van der Waals surface area contributed by atoms with Gasteiger partial charge >= 0.3 is 6.03 Å². The Morgan fingerprint density at radius 1 is 1.03 bits per heavy atom. The Kier molecular flexibility index (Phi) is 4.27. The monoisotopic (exact) mass is 434 g/mol. The molecule has 10 heteroatoms. The third kappa shape index (κ3) is 2.95. The number of carbonyl (C=O) groups excluding carboxylic acids is 1. The summed E-state index contributed by atoms with van der Waals surface area (Å²) >= 11 is 0. The Bertz CT molecular complexity index is 1600. The zero-order valence-corrected chi connectivity index (χ0v) is 17.5. The summed E-state index contributed by atoms with van der Waals surface area (Å²) in [7, 11) is -0.655. The summed E-state index contributed by atoms with van der Waals surface area (Å²) in [6, 6.07) is 13.7.